The lowest BCUT2D eigenvalue weighted by molar-refractivity contribution is -0.237. The van der Waals surface area contributed by atoms with Crippen molar-refractivity contribution < 1.29 is 42.9 Å². The van der Waals surface area contributed by atoms with Gasteiger partial charge in [-0.1, -0.05) is 26.2 Å². The molecule has 172 valence electrons. The number of thioether (sulfide) groups is 1. The van der Waals surface area contributed by atoms with E-state index in [9.17, 15) is 19.2 Å². The molecule has 1 rings (SSSR count). The van der Waals surface area contributed by atoms with Crippen molar-refractivity contribution in [2.75, 3.05) is 12.4 Å². The number of unbranched alkanes of at least 4 members (excludes halogenated alkanes) is 3. The quantitative estimate of drug-likeness (QED) is 0.265. The highest BCUT2D eigenvalue weighted by Gasteiger charge is 2.52. The Balaban J connectivity index is 3.13. The number of rotatable bonds is 11. The summed E-state index contributed by atoms with van der Waals surface area (Å²) in [6, 6.07) is 0. The summed E-state index contributed by atoms with van der Waals surface area (Å²) >= 11 is 1.42. The minimum absolute atomic E-state index is 0.204. The fourth-order valence-corrected chi connectivity index (χ4v) is 4.28. The molecule has 0 amide bonds. The minimum Gasteiger partial charge on any atom is -0.463 e. The molecule has 9 nitrogen and oxygen atoms in total. The number of ether oxygens (including phenoxy) is 5. The van der Waals surface area contributed by atoms with E-state index in [1.165, 1.54) is 39.5 Å². The summed E-state index contributed by atoms with van der Waals surface area (Å²) in [6.07, 6.45) is 0.121. The van der Waals surface area contributed by atoms with E-state index in [2.05, 4.69) is 6.92 Å². The third-order valence-corrected chi connectivity index (χ3v) is 5.46. The first-order chi connectivity index (χ1) is 14.1. The number of carbonyl (C=O) groups is 4. The minimum atomic E-state index is -1.10. The molecule has 0 N–H and O–H groups in total. The molecule has 1 saturated heterocycles. The van der Waals surface area contributed by atoms with Crippen molar-refractivity contribution in [3.63, 3.8) is 0 Å². The van der Waals surface area contributed by atoms with Crippen LogP contribution < -0.4 is 0 Å². The van der Waals surface area contributed by atoms with Gasteiger partial charge in [0.25, 0.3) is 0 Å². The Labute approximate surface area is 181 Å². The molecule has 10 heteroatoms. The molecule has 1 aliphatic heterocycles. The van der Waals surface area contributed by atoms with E-state index in [4.69, 9.17) is 23.7 Å². The molecule has 0 aliphatic carbocycles. The van der Waals surface area contributed by atoms with E-state index in [1.54, 1.807) is 0 Å². The molecule has 5 atom stereocenters. The summed E-state index contributed by atoms with van der Waals surface area (Å²) < 4.78 is 27.2. The van der Waals surface area contributed by atoms with Crippen LogP contribution in [0.2, 0.25) is 0 Å². The Morgan fingerprint density at radius 2 is 1.33 bits per heavy atom. The third-order valence-electron chi connectivity index (χ3n) is 4.23. The molecule has 30 heavy (non-hydrogen) atoms. The molecular weight excluding hydrogens is 416 g/mol. The summed E-state index contributed by atoms with van der Waals surface area (Å²) in [5.41, 5.74) is -0.688. The van der Waals surface area contributed by atoms with Gasteiger partial charge >= 0.3 is 23.9 Å². The molecule has 1 heterocycles. The summed E-state index contributed by atoms with van der Waals surface area (Å²) in [5.74, 6) is -1.66. The molecule has 0 aromatic carbocycles. The number of esters is 4. The number of hydrogen-bond donors (Lipinski definition) is 0. The zero-order valence-electron chi connectivity index (χ0n) is 18.2. The first-order valence-corrected chi connectivity index (χ1v) is 11.1. The lowest BCUT2D eigenvalue weighted by Crippen LogP contribution is -2.61. The summed E-state index contributed by atoms with van der Waals surface area (Å²) in [6.45, 7) is 6.80. The van der Waals surface area contributed by atoms with Crippen LogP contribution in [0.4, 0.5) is 0 Å². The fourth-order valence-electron chi connectivity index (χ4n) is 3.05. The first kappa shape index (κ1) is 26.2. The van der Waals surface area contributed by atoms with Gasteiger partial charge in [0.15, 0.2) is 18.3 Å². The van der Waals surface area contributed by atoms with E-state index >= 15 is 0 Å². The first-order valence-electron chi connectivity index (χ1n) is 10.1. The Hall–Kier alpha value is -1.81. The highest BCUT2D eigenvalue weighted by atomic mass is 32.2. The average Bonchev–Trinajstić information content (AvgIpc) is 2.63. The zero-order chi connectivity index (χ0) is 22.7. The molecule has 0 aromatic heterocycles. The maximum absolute atomic E-state index is 11.8. The molecule has 0 radical (unpaired) electrons. The molecular formula is C20H32O9S. The van der Waals surface area contributed by atoms with Crippen molar-refractivity contribution in [1.82, 2.24) is 0 Å². The molecule has 1 aliphatic rings. The predicted molar refractivity (Wildman–Crippen MR) is 109 cm³/mol. The van der Waals surface area contributed by atoms with Crippen LogP contribution in [0.25, 0.3) is 0 Å². The largest absolute Gasteiger partial charge is 0.463 e. The van der Waals surface area contributed by atoms with E-state index < -0.39 is 53.7 Å². The monoisotopic (exact) mass is 448 g/mol. The predicted octanol–water partition coefficient (Wildman–Crippen LogP) is 2.38. The molecule has 0 spiro atoms. The highest BCUT2D eigenvalue weighted by Crippen LogP contribution is 2.34. The van der Waals surface area contributed by atoms with Crippen LogP contribution in [0.1, 0.15) is 60.3 Å². The van der Waals surface area contributed by atoms with Gasteiger partial charge in [0.1, 0.15) is 18.1 Å². The van der Waals surface area contributed by atoms with Crippen LogP contribution >= 0.6 is 11.8 Å². The van der Waals surface area contributed by atoms with E-state index in [0.717, 1.165) is 31.4 Å². The van der Waals surface area contributed by atoms with Crippen LogP contribution in [0.5, 0.6) is 0 Å². The fraction of sp³-hybridized carbons (Fsp3) is 0.800. The van der Waals surface area contributed by atoms with Gasteiger partial charge in [0.05, 0.1) is 0 Å². The Kier molecular flexibility index (Phi) is 11.8. The molecule has 0 unspecified atom stereocenters. The van der Waals surface area contributed by atoms with E-state index in [-0.39, 0.29) is 6.61 Å². The molecule has 0 saturated carbocycles. The summed E-state index contributed by atoms with van der Waals surface area (Å²) in [4.78, 5) is 46.4. The number of carbonyl (C=O) groups excluding carboxylic acids is 4. The highest BCUT2D eigenvalue weighted by molar-refractivity contribution is 7.99. The zero-order valence-corrected chi connectivity index (χ0v) is 19.0. The third kappa shape index (κ3) is 9.34. The van der Waals surface area contributed by atoms with Crippen LogP contribution in [0, 0.1) is 0 Å². The Morgan fingerprint density at radius 3 is 1.87 bits per heavy atom. The molecule has 0 aromatic rings. The maximum Gasteiger partial charge on any atom is 0.303 e. The lowest BCUT2D eigenvalue weighted by atomic mass is 9.99. The second kappa shape index (κ2) is 13.5. The van der Waals surface area contributed by atoms with Crippen molar-refractivity contribution >= 4 is 35.6 Å². The Bertz CT molecular complexity index is 595. The van der Waals surface area contributed by atoms with Gasteiger partial charge in [-0.25, -0.2) is 0 Å². The van der Waals surface area contributed by atoms with Crippen molar-refractivity contribution in [2.24, 2.45) is 0 Å². The Morgan fingerprint density at radius 1 is 0.767 bits per heavy atom. The standard InChI is InChI=1S/C20H32O9S/c1-6-7-8-9-10-30-20-19(28-15(5)24)18(27-14(4)23)17(26-13(3)22)16(29-20)11-25-12(2)21/h16-20H,6-11H2,1-5H3/t16-,17-,18+,19-,20+/m1/s1. The van der Waals surface area contributed by atoms with E-state index in [0.29, 0.717) is 0 Å². The average molecular weight is 449 g/mol. The lowest BCUT2D eigenvalue weighted by Gasteiger charge is -2.44. The molecule has 0 bridgehead atoms. The van der Waals surface area contributed by atoms with Gasteiger partial charge in [-0.15, -0.1) is 11.8 Å². The second-order valence-corrected chi connectivity index (χ2v) is 8.21. The van der Waals surface area contributed by atoms with Crippen molar-refractivity contribution in [1.29, 1.82) is 0 Å². The van der Waals surface area contributed by atoms with Crippen molar-refractivity contribution in [2.45, 2.75) is 90.2 Å². The van der Waals surface area contributed by atoms with Gasteiger partial charge in [-0.05, 0) is 12.2 Å². The van der Waals surface area contributed by atoms with Crippen LogP contribution in [-0.2, 0) is 42.9 Å². The normalized spacial score (nSPS) is 25.8. The topological polar surface area (TPSA) is 114 Å². The van der Waals surface area contributed by atoms with Gasteiger partial charge in [-0.3, -0.25) is 19.2 Å². The van der Waals surface area contributed by atoms with Gasteiger partial charge in [-0.2, -0.15) is 0 Å². The summed E-state index contributed by atoms with van der Waals surface area (Å²) in [5, 5.41) is 0. The number of hydrogen-bond acceptors (Lipinski definition) is 10. The summed E-state index contributed by atoms with van der Waals surface area (Å²) in [7, 11) is 0. The molecule has 1 fully saturated rings. The van der Waals surface area contributed by atoms with Crippen molar-refractivity contribution in [3.05, 3.63) is 0 Å². The second-order valence-electron chi connectivity index (χ2n) is 7.00. The smallest absolute Gasteiger partial charge is 0.303 e. The SMILES string of the molecule is CCCCCCS[C@@H]1O[C@H](COC(C)=O)[C@@H](OC(C)=O)[C@H](OC(C)=O)[C@H]1OC(C)=O. The van der Waals surface area contributed by atoms with Crippen LogP contribution in [0.15, 0.2) is 0 Å². The van der Waals surface area contributed by atoms with Gasteiger partial charge in [0.2, 0.25) is 0 Å². The van der Waals surface area contributed by atoms with Crippen LogP contribution in [-0.4, -0.2) is 66.1 Å². The van der Waals surface area contributed by atoms with Gasteiger partial charge < -0.3 is 23.7 Å². The maximum atomic E-state index is 11.8. The van der Waals surface area contributed by atoms with Crippen LogP contribution in [0.3, 0.4) is 0 Å². The van der Waals surface area contributed by atoms with E-state index in [1.807, 2.05) is 0 Å². The van der Waals surface area contributed by atoms with Crippen molar-refractivity contribution in [3.8, 4) is 0 Å². The van der Waals surface area contributed by atoms with Gasteiger partial charge in [0, 0.05) is 27.7 Å².